The maximum atomic E-state index is 11.7. The lowest BCUT2D eigenvalue weighted by Gasteiger charge is -2.17. The van der Waals surface area contributed by atoms with Gasteiger partial charge in [-0.1, -0.05) is 49.0 Å². The third kappa shape index (κ3) is 2.88. The van der Waals surface area contributed by atoms with E-state index < -0.39 is 0 Å². The van der Waals surface area contributed by atoms with Crippen LogP contribution in [0.5, 0.6) is 0 Å². The van der Waals surface area contributed by atoms with E-state index in [1.54, 1.807) is 0 Å². The summed E-state index contributed by atoms with van der Waals surface area (Å²) >= 11 is 1.46. The number of nitrogens with zero attached hydrogens (tertiary/aromatic N) is 3. The minimum atomic E-state index is -0.171. The fourth-order valence-corrected chi connectivity index (χ4v) is 3.53. The van der Waals surface area contributed by atoms with Gasteiger partial charge in [0.2, 0.25) is 0 Å². The molecule has 0 N–H and O–H groups in total. The molecule has 5 nitrogen and oxygen atoms in total. The average molecular weight is 317 g/mol. The molecule has 0 amide bonds. The number of hydrogen-bond donors (Lipinski definition) is 0. The Morgan fingerprint density at radius 3 is 2.77 bits per heavy atom. The van der Waals surface area contributed by atoms with Crippen molar-refractivity contribution in [1.82, 2.24) is 14.8 Å². The van der Waals surface area contributed by atoms with Crippen LogP contribution in [0.15, 0.2) is 35.5 Å². The van der Waals surface area contributed by atoms with Gasteiger partial charge in [-0.15, -0.1) is 10.2 Å². The first kappa shape index (κ1) is 15.1. The number of thioether (sulfide) groups is 1. The molecular weight excluding hydrogens is 298 g/mol. The Morgan fingerprint density at radius 1 is 1.36 bits per heavy atom. The van der Waals surface area contributed by atoms with Crippen molar-refractivity contribution >= 4 is 17.7 Å². The van der Waals surface area contributed by atoms with Crippen molar-refractivity contribution < 1.29 is 9.53 Å². The van der Waals surface area contributed by atoms with Gasteiger partial charge in [0.1, 0.15) is 5.25 Å². The van der Waals surface area contributed by atoms with Gasteiger partial charge in [-0.25, -0.2) is 0 Å². The van der Waals surface area contributed by atoms with Crippen molar-refractivity contribution in [2.24, 2.45) is 0 Å². The Labute approximate surface area is 134 Å². The molecule has 1 saturated heterocycles. The normalized spacial score (nSPS) is 19.2. The first-order valence-electron chi connectivity index (χ1n) is 7.54. The van der Waals surface area contributed by atoms with Gasteiger partial charge in [-0.05, 0) is 13.3 Å². The van der Waals surface area contributed by atoms with Crippen LogP contribution in [-0.4, -0.2) is 32.6 Å². The Balaban J connectivity index is 1.96. The third-order valence-electron chi connectivity index (χ3n) is 3.86. The molecule has 1 aliphatic heterocycles. The SMILES string of the molecule is CCC(C)n1c(SC2CCOC2=O)nnc1-c1ccccc1. The molecule has 1 aromatic carbocycles. The van der Waals surface area contributed by atoms with Crippen LogP contribution >= 0.6 is 11.8 Å². The van der Waals surface area contributed by atoms with Gasteiger partial charge in [-0.2, -0.15) is 0 Å². The summed E-state index contributed by atoms with van der Waals surface area (Å²) in [6.45, 7) is 4.78. The number of esters is 1. The predicted octanol–water partition coefficient (Wildman–Crippen LogP) is 3.32. The topological polar surface area (TPSA) is 57.0 Å². The van der Waals surface area contributed by atoms with E-state index in [1.165, 1.54) is 11.8 Å². The molecule has 22 heavy (non-hydrogen) atoms. The molecule has 1 aliphatic rings. The molecule has 116 valence electrons. The number of carbonyl (C=O) groups excluding carboxylic acids is 1. The van der Waals surface area contributed by atoms with Gasteiger partial charge in [0.25, 0.3) is 0 Å². The van der Waals surface area contributed by atoms with E-state index in [4.69, 9.17) is 4.74 Å². The summed E-state index contributed by atoms with van der Waals surface area (Å²) in [6, 6.07) is 10.3. The van der Waals surface area contributed by atoms with Crippen LogP contribution in [0.3, 0.4) is 0 Å². The molecule has 0 spiro atoms. The van der Waals surface area contributed by atoms with Crippen LogP contribution in [0.25, 0.3) is 11.4 Å². The molecule has 2 aromatic rings. The van der Waals surface area contributed by atoms with E-state index in [0.29, 0.717) is 6.61 Å². The standard InChI is InChI=1S/C16H19N3O2S/c1-3-11(2)19-14(12-7-5-4-6-8-12)17-18-16(19)22-13-9-10-21-15(13)20/h4-8,11,13H,3,9-10H2,1-2H3. The lowest BCUT2D eigenvalue weighted by atomic mass is 10.2. The molecule has 0 bridgehead atoms. The summed E-state index contributed by atoms with van der Waals surface area (Å²) in [7, 11) is 0. The summed E-state index contributed by atoms with van der Waals surface area (Å²) in [6.07, 6.45) is 1.71. The molecule has 0 radical (unpaired) electrons. The van der Waals surface area contributed by atoms with Gasteiger partial charge in [0, 0.05) is 18.0 Å². The zero-order valence-electron chi connectivity index (χ0n) is 12.7. The van der Waals surface area contributed by atoms with Crippen LogP contribution in [0.2, 0.25) is 0 Å². The molecule has 6 heteroatoms. The van der Waals surface area contributed by atoms with Crippen molar-refractivity contribution in [2.75, 3.05) is 6.61 Å². The Kier molecular flexibility index (Phi) is 4.47. The maximum absolute atomic E-state index is 11.7. The van der Waals surface area contributed by atoms with Crippen LogP contribution < -0.4 is 0 Å². The number of rotatable bonds is 5. The monoisotopic (exact) mass is 317 g/mol. The molecule has 2 heterocycles. The molecule has 2 unspecified atom stereocenters. The van der Waals surface area contributed by atoms with E-state index in [9.17, 15) is 4.79 Å². The van der Waals surface area contributed by atoms with E-state index in [0.717, 1.165) is 29.4 Å². The zero-order chi connectivity index (χ0) is 15.5. The lowest BCUT2D eigenvalue weighted by molar-refractivity contribution is -0.137. The van der Waals surface area contributed by atoms with Crippen LogP contribution in [0.4, 0.5) is 0 Å². The van der Waals surface area contributed by atoms with Gasteiger partial charge in [-0.3, -0.25) is 9.36 Å². The molecule has 2 atom stereocenters. The third-order valence-corrected chi connectivity index (χ3v) is 5.06. The second kappa shape index (κ2) is 6.52. The predicted molar refractivity (Wildman–Crippen MR) is 85.7 cm³/mol. The first-order valence-corrected chi connectivity index (χ1v) is 8.42. The van der Waals surface area contributed by atoms with Gasteiger partial charge < -0.3 is 4.74 Å². The van der Waals surface area contributed by atoms with Crippen molar-refractivity contribution in [3.8, 4) is 11.4 Å². The quantitative estimate of drug-likeness (QED) is 0.792. The van der Waals surface area contributed by atoms with E-state index >= 15 is 0 Å². The number of hydrogen-bond acceptors (Lipinski definition) is 5. The maximum Gasteiger partial charge on any atom is 0.319 e. The van der Waals surface area contributed by atoms with E-state index in [2.05, 4.69) is 28.6 Å². The van der Waals surface area contributed by atoms with Crippen molar-refractivity contribution in [2.45, 2.75) is 43.1 Å². The summed E-state index contributed by atoms with van der Waals surface area (Å²) in [5, 5.41) is 9.31. The summed E-state index contributed by atoms with van der Waals surface area (Å²) in [4.78, 5) is 11.7. The van der Waals surface area contributed by atoms with Gasteiger partial charge in [0.15, 0.2) is 11.0 Å². The lowest BCUT2D eigenvalue weighted by Crippen LogP contribution is -2.13. The highest BCUT2D eigenvalue weighted by molar-refractivity contribution is 8.00. The minimum Gasteiger partial charge on any atom is -0.465 e. The molecule has 0 aliphatic carbocycles. The number of benzene rings is 1. The largest absolute Gasteiger partial charge is 0.465 e. The Morgan fingerprint density at radius 2 is 2.14 bits per heavy atom. The smallest absolute Gasteiger partial charge is 0.319 e. The van der Waals surface area contributed by atoms with Gasteiger partial charge in [0.05, 0.1) is 6.61 Å². The Hall–Kier alpha value is -1.82. The first-order chi connectivity index (χ1) is 10.7. The fraction of sp³-hybridized carbons (Fsp3) is 0.438. The van der Waals surface area contributed by atoms with Gasteiger partial charge >= 0.3 is 5.97 Å². The number of cyclic esters (lactones) is 1. The number of ether oxygens (including phenoxy) is 1. The van der Waals surface area contributed by atoms with Crippen LogP contribution in [0.1, 0.15) is 32.7 Å². The second-order valence-corrected chi connectivity index (χ2v) is 6.53. The van der Waals surface area contributed by atoms with Crippen molar-refractivity contribution in [1.29, 1.82) is 0 Å². The number of carbonyl (C=O) groups is 1. The highest BCUT2D eigenvalue weighted by Gasteiger charge is 2.30. The second-order valence-electron chi connectivity index (χ2n) is 5.36. The summed E-state index contributed by atoms with van der Waals surface area (Å²) < 4.78 is 7.17. The van der Waals surface area contributed by atoms with Crippen molar-refractivity contribution in [3.05, 3.63) is 30.3 Å². The number of aromatic nitrogens is 3. The molecular formula is C16H19N3O2S. The van der Waals surface area contributed by atoms with Crippen LogP contribution in [0, 0.1) is 0 Å². The van der Waals surface area contributed by atoms with E-state index in [1.807, 2.05) is 30.3 Å². The average Bonchev–Trinajstić information content (AvgIpc) is 3.15. The highest BCUT2D eigenvalue weighted by atomic mass is 32.2. The zero-order valence-corrected chi connectivity index (χ0v) is 13.5. The Bertz CT molecular complexity index is 657. The van der Waals surface area contributed by atoms with E-state index in [-0.39, 0.29) is 17.3 Å². The molecule has 1 fully saturated rings. The fourth-order valence-electron chi connectivity index (χ4n) is 2.43. The highest BCUT2D eigenvalue weighted by Crippen LogP contribution is 2.33. The molecule has 1 aromatic heterocycles. The molecule has 0 saturated carbocycles. The summed E-state index contributed by atoms with van der Waals surface area (Å²) in [5.41, 5.74) is 1.04. The summed E-state index contributed by atoms with van der Waals surface area (Å²) in [5.74, 6) is 0.703. The van der Waals surface area contributed by atoms with Crippen molar-refractivity contribution in [3.63, 3.8) is 0 Å². The van der Waals surface area contributed by atoms with Crippen LogP contribution in [-0.2, 0) is 9.53 Å². The minimum absolute atomic E-state index is 0.148. The molecule has 3 rings (SSSR count).